The zero-order chi connectivity index (χ0) is 14.4. The molecule has 0 amide bonds. The summed E-state index contributed by atoms with van der Waals surface area (Å²) < 4.78 is 18.1. The standard InChI is InChI=1S/C16H15FN2O/c1-20-16-7-4-13(9-18)8-14(16)11-19-10-12-2-5-15(17)6-3-12/h2-8,19H,10-11H2,1H3. The summed E-state index contributed by atoms with van der Waals surface area (Å²) in [5.74, 6) is 0.507. The molecule has 0 atom stereocenters. The first-order valence-corrected chi connectivity index (χ1v) is 6.25. The lowest BCUT2D eigenvalue weighted by Gasteiger charge is -2.10. The molecule has 1 N–H and O–H groups in total. The second kappa shape index (κ2) is 6.69. The summed E-state index contributed by atoms with van der Waals surface area (Å²) in [6.45, 7) is 1.20. The molecule has 3 nitrogen and oxygen atoms in total. The van der Waals surface area contributed by atoms with E-state index in [1.165, 1.54) is 12.1 Å². The van der Waals surface area contributed by atoms with Crippen LogP contribution in [0.2, 0.25) is 0 Å². The summed E-state index contributed by atoms with van der Waals surface area (Å²) in [5.41, 5.74) is 2.53. The molecule has 2 aromatic carbocycles. The number of nitrogens with one attached hydrogen (secondary N) is 1. The van der Waals surface area contributed by atoms with Crippen LogP contribution in [0.15, 0.2) is 42.5 Å². The number of ether oxygens (including phenoxy) is 1. The molecule has 0 aliphatic heterocycles. The van der Waals surface area contributed by atoms with Gasteiger partial charge in [-0.05, 0) is 35.9 Å². The minimum absolute atomic E-state index is 0.239. The monoisotopic (exact) mass is 270 g/mol. The first kappa shape index (κ1) is 14.0. The zero-order valence-electron chi connectivity index (χ0n) is 11.2. The number of hydrogen-bond acceptors (Lipinski definition) is 3. The number of hydrogen-bond donors (Lipinski definition) is 1. The fraction of sp³-hybridized carbons (Fsp3) is 0.188. The zero-order valence-corrected chi connectivity index (χ0v) is 11.2. The third-order valence-corrected chi connectivity index (χ3v) is 2.97. The molecule has 0 saturated carbocycles. The van der Waals surface area contributed by atoms with Crippen LogP contribution in [0.25, 0.3) is 0 Å². The van der Waals surface area contributed by atoms with Crippen molar-refractivity contribution in [2.75, 3.05) is 7.11 Å². The van der Waals surface area contributed by atoms with E-state index in [-0.39, 0.29) is 5.82 Å². The van der Waals surface area contributed by atoms with Crippen LogP contribution in [0.1, 0.15) is 16.7 Å². The van der Waals surface area contributed by atoms with Gasteiger partial charge in [0.2, 0.25) is 0 Å². The van der Waals surface area contributed by atoms with Crippen LogP contribution < -0.4 is 10.1 Å². The van der Waals surface area contributed by atoms with Crippen molar-refractivity contribution < 1.29 is 9.13 Å². The Balaban J connectivity index is 2.00. The fourth-order valence-electron chi connectivity index (χ4n) is 1.93. The molecule has 0 radical (unpaired) electrons. The van der Waals surface area contributed by atoms with Crippen molar-refractivity contribution in [3.63, 3.8) is 0 Å². The van der Waals surface area contributed by atoms with Crippen molar-refractivity contribution >= 4 is 0 Å². The van der Waals surface area contributed by atoms with Gasteiger partial charge in [-0.3, -0.25) is 0 Å². The molecule has 0 bridgehead atoms. The highest BCUT2D eigenvalue weighted by atomic mass is 19.1. The van der Waals surface area contributed by atoms with Crippen molar-refractivity contribution in [1.82, 2.24) is 5.32 Å². The molecular formula is C16H15FN2O. The summed E-state index contributed by atoms with van der Waals surface area (Å²) in [4.78, 5) is 0. The summed E-state index contributed by atoms with van der Waals surface area (Å²) in [5, 5.41) is 12.2. The number of methoxy groups -OCH3 is 1. The van der Waals surface area contributed by atoms with Crippen LogP contribution in [0.5, 0.6) is 5.75 Å². The van der Waals surface area contributed by atoms with E-state index < -0.39 is 0 Å². The third-order valence-electron chi connectivity index (χ3n) is 2.97. The highest BCUT2D eigenvalue weighted by Crippen LogP contribution is 2.19. The van der Waals surface area contributed by atoms with Gasteiger partial charge in [0.25, 0.3) is 0 Å². The molecule has 0 aliphatic carbocycles. The minimum atomic E-state index is -0.239. The topological polar surface area (TPSA) is 45.0 Å². The molecule has 0 heterocycles. The largest absolute Gasteiger partial charge is 0.496 e. The van der Waals surface area contributed by atoms with Crippen molar-refractivity contribution in [2.45, 2.75) is 13.1 Å². The number of benzene rings is 2. The van der Waals surface area contributed by atoms with E-state index in [9.17, 15) is 4.39 Å². The van der Waals surface area contributed by atoms with Gasteiger partial charge in [0.1, 0.15) is 11.6 Å². The normalized spacial score (nSPS) is 10.1. The number of nitrogens with zero attached hydrogens (tertiary/aromatic N) is 1. The van der Waals surface area contributed by atoms with E-state index in [1.54, 1.807) is 37.4 Å². The van der Waals surface area contributed by atoms with Gasteiger partial charge in [-0.25, -0.2) is 4.39 Å². The number of nitriles is 1. The third kappa shape index (κ3) is 3.56. The molecule has 102 valence electrons. The van der Waals surface area contributed by atoms with Crippen LogP contribution in [0, 0.1) is 17.1 Å². The van der Waals surface area contributed by atoms with E-state index >= 15 is 0 Å². The summed E-state index contributed by atoms with van der Waals surface area (Å²) in [7, 11) is 1.60. The molecule has 0 aromatic heterocycles. The van der Waals surface area contributed by atoms with Crippen LogP contribution in [0.4, 0.5) is 4.39 Å². The Hall–Kier alpha value is -2.38. The summed E-state index contributed by atoms with van der Waals surface area (Å²) in [6.07, 6.45) is 0. The molecule has 0 saturated heterocycles. The summed E-state index contributed by atoms with van der Waals surface area (Å²) >= 11 is 0. The minimum Gasteiger partial charge on any atom is -0.496 e. The van der Waals surface area contributed by atoms with Crippen LogP contribution in [-0.4, -0.2) is 7.11 Å². The molecule has 0 spiro atoms. The first-order valence-electron chi connectivity index (χ1n) is 6.25. The van der Waals surface area contributed by atoms with E-state index in [1.807, 2.05) is 0 Å². The lowest BCUT2D eigenvalue weighted by atomic mass is 10.1. The van der Waals surface area contributed by atoms with Crippen LogP contribution >= 0.6 is 0 Å². The average molecular weight is 270 g/mol. The smallest absolute Gasteiger partial charge is 0.123 e. The lowest BCUT2D eigenvalue weighted by Crippen LogP contribution is -2.13. The highest BCUT2D eigenvalue weighted by molar-refractivity contribution is 5.42. The van der Waals surface area contributed by atoms with Crippen molar-refractivity contribution in [3.05, 3.63) is 65.0 Å². The second-order valence-electron chi connectivity index (χ2n) is 4.37. The molecule has 2 rings (SSSR count). The van der Waals surface area contributed by atoms with Gasteiger partial charge in [0.05, 0.1) is 18.7 Å². The number of halogens is 1. The van der Waals surface area contributed by atoms with Gasteiger partial charge in [0.15, 0.2) is 0 Å². The van der Waals surface area contributed by atoms with Gasteiger partial charge in [-0.1, -0.05) is 12.1 Å². The SMILES string of the molecule is COc1ccc(C#N)cc1CNCc1ccc(F)cc1. The number of rotatable bonds is 5. The molecule has 0 fully saturated rings. The van der Waals surface area contributed by atoms with Crippen LogP contribution in [0.3, 0.4) is 0 Å². The Bertz CT molecular complexity index is 617. The van der Waals surface area contributed by atoms with E-state index in [4.69, 9.17) is 10.00 Å². The summed E-state index contributed by atoms with van der Waals surface area (Å²) in [6, 6.07) is 13.8. The maximum atomic E-state index is 12.8. The predicted molar refractivity (Wildman–Crippen MR) is 74.7 cm³/mol. The van der Waals surface area contributed by atoms with Crippen molar-refractivity contribution in [1.29, 1.82) is 5.26 Å². The maximum absolute atomic E-state index is 12.8. The average Bonchev–Trinajstić information content (AvgIpc) is 2.49. The highest BCUT2D eigenvalue weighted by Gasteiger charge is 2.04. The van der Waals surface area contributed by atoms with Gasteiger partial charge in [-0.2, -0.15) is 5.26 Å². The Morgan fingerprint density at radius 1 is 1.15 bits per heavy atom. The first-order chi connectivity index (χ1) is 9.72. The molecule has 4 heteroatoms. The Labute approximate surface area is 117 Å². The lowest BCUT2D eigenvalue weighted by molar-refractivity contribution is 0.407. The predicted octanol–water partition coefficient (Wildman–Crippen LogP) is 3.00. The Morgan fingerprint density at radius 3 is 2.55 bits per heavy atom. The molecular weight excluding hydrogens is 255 g/mol. The fourth-order valence-corrected chi connectivity index (χ4v) is 1.93. The Morgan fingerprint density at radius 2 is 1.90 bits per heavy atom. The van der Waals surface area contributed by atoms with E-state index in [0.29, 0.717) is 18.7 Å². The molecule has 0 unspecified atom stereocenters. The molecule has 0 aliphatic rings. The van der Waals surface area contributed by atoms with Gasteiger partial charge in [0, 0.05) is 18.7 Å². The van der Waals surface area contributed by atoms with Gasteiger partial charge < -0.3 is 10.1 Å². The molecule has 2 aromatic rings. The maximum Gasteiger partial charge on any atom is 0.123 e. The Kier molecular flexibility index (Phi) is 4.70. The van der Waals surface area contributed by atoms with E-state index in [2.05, 4.69) is 11.4 Å². The second-order valence-corrected chi connectivity index (χ2v) is 4.37. The van der Waals surface area contributed by atoms with E-state index in [0.717, 1.165) is 16.9 Å². The van der Waals surface area contributed by atoms with Gasteiger partial charge >= 0.3 is 0 Å². The molecule has 20 heavy (non-hydrogen) atoms. The van der Waals surface area contributed by atoms with Gasteiger partial charge in [-0.15, -0.1) is 0 Å². The van der Waals surface area contributed by atoms with Crippen molar-refractivity contribution in [2.24, 2.45) is 0 Å². The van der Waals surface area contributed by atoms with Crippen molar-refractivity contribution in [3.8, 4) is 11.8 Å². The van der Waals surface area contributed by atoms with Crippen LogP contribution in [-0.2, 0) is 13.1 Å². The quantitative estimate of drug-likeness (QED) is 0.908.